The van der Waals surface area contributed by atoms with Gasteiger partial charge in [-0.15, -0.1) is 0 Å². The van der Waals surface area contributed by atoms with E-state index in [0.29, 0.717) is 22.0 Å². The van der Waals surface area contributed by atoms with E-state index in [1.165, 1.54) is 29.4 Å². The number of Topliss-reactive ketones (excluding diaryl/α,β-unsaturated/α-hetero) is 1. The number of ketones is 1. The number of hydrogen-bond acceptors (Lipinski definition) is 7. The minimum absolute atomic E-state index is 0.0285. The molecule has 3 aromatic carbocycles. The number of aliphatic hydroxyl groups excluding tert-OH is 1. The normalized spacial score (nSPS) is 17.0. The maximum Gasteiger partial charge on any atom is 0.301 e. The highest BCUT2D eigenvalue weighted by Crippen LogP contribution is 2.45. The highest BCUT2D eigenvalue weighted by atomic mass is 35.5. The van der Waals surface area contributed by atoms with Gasteiger partial charge in [0, 0.05) is 25.3 Å². The van der Waals surface area contributed by atoms with Gasteiger partial charge in [-0.2, -0.15) is 0 Å². The van der Waals surface area contributed by atoms with Gasteiger partial charge in [0.05, 0.1) is 34.0 Å². The zero-order valence-corrected chi connectivity index (χ0v) is 22.2. The van der Waals surface area contributed by atoms with Crippen molar-refractivity contribution in [3.8, 4) is 5.75 Å². The zero-order valence-electron chi connectivity index (χ0n) is 20.7. The molecule has 1 aliphatic rings. The molecule has 5 rings (SSSR count). The summed E-state index contributed by atoms with van der Waals surface area (Å²) in [6, 6.07) is 17.2. The van der Waals surface area contributed by atoms with Crippen molar-refractivity contribution in [1.29, 1.82) is 0 Å². The zero-order chi connectivity index (χ0) is 26.4. The van der Waals surface area contributed by atoms with Crippen LogP contribution in [-0.4, -0.2) is 43.0 Å². The lowest BCUT2D eigenvalue weighted by atomic mass is 9.95. The van der Waals surface area contributed by atoms with E-state index in [1.807, 2.05) is 68.4 Å². The van der Waals surface area contributed by atoms with Crippen molar-refractivity contribution in [2.75, 3.05) is 31.0 Å². The van der Waals surface area contributed by atoms with Gasteiger partial charge in [-0.3, -0.25) is 14.5 Å². The van der Waals surface area contributed by atoms with Crippen LogP contribution in [-0.2, 0) is 9.59 Å². The molecule has 4 aromatic rings. The highest BCUT2D eigenvalue weighted by Gasteiger charge is 2.48. The molecule has 9 heteroatoms. The Kier molecular flexibility index (Phi) is 6.39. The van der Waals surface area contributed by atoms with Gasteiger partial charge in [-0.1, -0.05) is 41.1 Å². The summed E-state index contributed by atoms with van der Waals surface area (Å²) >= 11 is 7.62. The van der Waals surface area contributed by atoms with E-state index in [9.17, 15) is 14.7 Å². The van der Waals surface area contributed by atoms with Crippen molar-refractivity contribution < 1.29 is 19.4 Å². The molecule has 1 fully saturated rings. The lowest BCUT2D eigenvalue weighted by Gasteiger charge is -2.23. The molecule has 0 radical (unpaired) electrons. The minimum atomic E-state index is -0.876. The van der Waals surface area contributed by atoms with Gasteiger partial charge in [0.1, 0.15) is 11.5 Å². The minimum Gasteiger partial charge on any atom is -0.507 e. The number of carbonyl (C=O) groups excluding carboxylic acids is 2. The number of halogens is 1. The van der Waals surface area contributed by atoms with Crippen molar-refractivity contribution in [3.05, 3.63) is 87.9 Å². The summed E-state index contributed by atoms with van der Waals surface area (Å²) in [5.41, 5.74) is 3.70. The second kappa shape index (κ2) is 9.53. The second-order valence-corrected chi connectivity index (χ2v) is 10.4. The third kappa shape index (κ3) is 4.32. The molecular weight excluding hydrogens is 510 g/mol. The van der Waals surface area contributed by atoms with Crippen molar-refractivity contribution >= 4 is 61.4 Å². The number of ether oxygens (including phenoxy) is 1. The fourth-order valence-corrected chi connectivity index (χ4v) is 5.74. The lowest BCUT2D eigenvalue weighted by Crippen LogP contribution is -2.29. The number of nitrogens with zero attached hydrogens (tertiary/aromatic N) is 3. The average molecular weight is 534 g/mol. The number of aliphatic hydroxyl groups is 1. The molecular formula is C28H24ClN3O4S. The van der Waals surface area contributed by atoms with Crippen LogP contribution in [0.25, 0.3) is 16.0 Å². The van der Waals surface area contributed by atoms with Crippen LogP contribution in [0, 0.1) is 6.92 Å². The van der Waals surface area contributed by atoms with Gasteiger partial charge in [0.25, 0.3) is 5.78 Å². The number of fused-ring (bicyclic) bond motifs is 1. The molecule has 1 aliphatic heterocycles. The van der Waals surface area contributed by atoms with E-state index >= 15 is 0 Å². The quantitative estimate of drug-likeness (QED) is 0.194. The Labute approximate surface area is 223 Å². The van der Waals surface area contributed by atoms with Gasteiger partial charge < -0.3 is 14.7 Å². The Morgan fingerprint density at radius 3 is 2.46 bits per heavy atom. The second-order valence-electron chi connectivity index (χ2n) is 8.97. The summed E-state index contributed by atoms with van der Waals surface area (Å²) in [6.45, 7) is 1.98. The maximum absolute atomic E-state index is 13.5. The first kappa shape index (κ1) is 24.8. The summed E-state index contributed by atoms with van der Waals surface area (Å²) in [6.07, 6.45) is 0. The highest BCUT2D eigenvalue weighted by molar-refractivity contribution is 7.22. The molecule has 7 nitrogen and oxygen atoms in total. The Morgan fingerprint density at radius 1 is 1.08 bits per heavy atom. The summed E-state index contributed by atoms with van der Waals surface area (Å²) in [7, 11) is 5.35. The third-order valence-corrected chi connectivity index (χ3v) is 7.65. The van der Waals surface area contributed by atoms with E-state index in [2.05, 4.69) is 4.98 Å². The number of aryl methyl sites for hydroxylation is 1. The van der Waals surface area contributed by atoms with Gasteiger partial charge in [0.15, 0.2) is 5.13 Å². The van der Waals surface area contributed by atoms with Crippen LogP contribution in [0.1, 0.15) is 22.7 Å². The molecule has 37 heavy (non-hydrogen) atoms. The van der Waals surface area contributed by atoms with Gasteiger partial charge >= 0.3 is 5.91 Å². The molecule has 2 heterocycles. The molecule has 0 saturated carbocycles. The predicted octanol–water partition coefficient (Wildman–Crippen LogP) is 5.96. The largest absolute Gasteiger partial charge is 0.507 e. The molecule has 0 spiro atoms. The fraction of sp³-hybridized carbons (Fsp3) is 0.179. The van der Waals surface area contributed by atoms with E-state index in [1.54, 1.807) is 12.1 Å². The molecule has 0 bridgehead atoms. The number of methoxy groups -OCH3 is 1. The number of benzene rings is 3. The summed E-state index contributed by atoms with van der Waals surface area (Å²) in [5.74, 6) is -1.43. The van der Waals surface area contributed by atoms with Crippen LogP contribution >= 0.6 is 22.9 Å². The molecule has 1 aromatic heterocycles. The van der Waals surface area contributed by atoms with Crippen LogP contribution < -0.4 is 14.5 Å². The number of carbonyl (C=O) groups is 2. The number of aromatic nitrogens is 1. The Hall–Kier alpha value is -3.88. The first-order valence-electron chi connectivity index (χ1n) is 11.5. The molecule has 1 unspecified atom stereocenters. The van der Waals surface area contributed by atoms with E-state index < -0.39 is 17.7 Å². The topological polar surface area (TPSA) is 83.0 Å². The van der Waals surface area contributed by atoms with Crippen LogP contribution in [0.4, 0.5) is 10.8 Å². The van der Waals surface area contributed by atoms with Crippen LogP contribution in [0.2, 0.25) is 5.02 Å². The Morgan fingerprint density at radius 2 is 1.81 bits per heavy atom. The lowest BCUT2D eigenvalue weighted by molar-refractivity contribution is -0.132. The van der Waals surface area contributed by atoms with Crippen LogP contribution in [0.3, 0.4) is 0 Å². The first-order chi connectivity index (χ1) is 17.7. The van der Waals surface area contributed by atoms with E-state index in [-0.39, 0.29) is 16.4 Å². The molecule has 0 aliphatic carbocycles. The number of amides is 1. The monoisotopic (exact) mass is 533 g/mol. The Bertz CT molecular complexity index is 1580. The van der Waals surface area contributed by atoms with Gasteiger partial charge in [-0.25, -0.2) is 4.98 Å². The van der Waals surface area contributed by atoms with Crippen molar-refractivity contribution in [2.24, 2.45) is 0 Å². The maximum atomic E-state index is 13.5. The number of anilines is 2. The average Bonchev–Trinajstić information content (AvgIpc) is 3.41. The smallest absolute Gasteiger partial charge is 0.301 e. The number of hydrogen-bond donors (Lipinski definition) is 1. The number of thiazole rings is 1. The Balaban J connectivity index is 1.71. The number of rotatable bonds is 5. The summed E-state index contributed by atoms with van der Waals surface area (Å²) in [5, 5.41) is 12.0. The molecule has 1 amide bonds. The third-order valence-electron chi connectivity index (χ3n) is 6.33. The molecule has 1 N–H and O–H groups in total. The van der Waals surface area contributed by atoms with E-state index in [4.69, 9.17) is 16.3 Å². The van der Waals surface area contributed by atoms with Crippen molar-refractivity contribution in [3.63, 3.8) is 0 Å². The van der Waals surface area contributed by atoms with Gasteiger partial charge in [-0.05, 0) is 60.5 Å². The molecule has 1 saturated heterocycles. The standard InChI is InChI=1S/C28H24ClN3O4S/c1-15-5-11-20-22(13-15)37-28(30-20)32-24(16-6-9-18(10-7-16)31(2)3)23(26(34)27(32)35)25(33)17-8-12-21(36-4)19(29)14-17/h5-14,24,33H,1-4H3/b25-23+. The first-order valence-corrected chi connectivity index (χ1v) is 12.7. The van der Waals surface area contributed by atoms with Crippen LogP contribution in [0.15, 0.2) is 66.2 Å². The molecule has 1 atom stereocenters. The van der Waals surface area contributed by atoms with E-state index in [0.717, 1.165) is 21.5 Å². The van der Waals surface area contributed by atoms with Crippen LogP contribution in [0.5, 0.6) is 5.75 Å². The van der Waals surface area contributed by atoms with Crippen molar-refractivity contribution in [2.45, 2.75) is 13.0 Å². The predicted molar refractivity (Wildman–Crippen MR) is 148 cm³/mol. The summed E-state index contributed by atoms with van der Waals surface area (Å²) in [4.78, 5) is 34.9. The van der Waals surface area contributed by atoms with Crippen molar-refractivity contribution in [1.82, 2.24) is 4.98 Å². The fourth-order valence-electron chi connectivity index (χ4n) is 4.39. The van der Waals surface area contributed by atoms with Gasteiger partial charge in [0.2, 0.25) is 0 Å². The SMILES string of the molecule is COc1ccc(/C(O)=C2\C(=O)C(=O)N(c3nc4ccc(C)cc4s3)C2c2ccc(N(C)C)cc2)cc1Cl. The molecule has 188 valence electrons. The summed E-state index contributed by atoms with van der Waals surface area (Å²) < 4.78 is 6.11.